The zero-order chi connectivity index (χ0) is 27.2. The van der Waals surface area contributed by atoms with Crippen molar-refractivity contribution in [1.29, 1.82) is 0 Å². The van der Waals surface area contributed by atoms with Crippen molar-refractivity contribution in [2.24, 2.45) is 5.92 Å². The Morgan fingerprint density at radius 1 is 0.892 bits per heavy atom. The third-order valence-electron chi connectivity index (χ3n) is 5.63. The first-order valence-corrected chi connectivity index (χ1v) is 12.5. The van der Waals surface area contributed by atoms with E-state index in [2.05, 4.69) is 16.0 Å². The largest absolute Gasteiger partial charge is 0.497 e. The Kier molecular flexibility index (Phi) is 12.1. The van der Waals surface area contributed by atoms with Gasteiger partial charge in [0.25, 0.3) is 5.91 Å². The topological polar surface area (TPSA) is 123 Å². The number of hydrogen-bond acceptors (Lipinski definition) is 6. The number of carbonyl (C=O) groups excluding carboxylic acids is 4. The predicted molar refractivity (Wildman–Crippen MR) is 140 cm³/mol. The van der Waals surface area contributed by atoms with Crippen molar-refractivity contribution in [3.05, 3.63) is 65.7 Å². The summed E-state index contributed by atoms with van der Waals surface area (Å²) in [4.78, 5) is 50.5. The number of methoxy groups -OCH3 is 1. The number of alkyl carbamates (subject to hydrolysis) is 1. The fourth-order valence-corrected chi connectivity index (χ4v) is 3.63. The van der Waals surface area contributed by atoms with E-state index >= 15 is 0 Å². The lowest BCUT2D eigenvalue weighted by Crippen LogP contribution is -2.54. The maximum Gasteiger partial charge on any atom is 0.408 e. The summed E-state index contributed by atoms with van der Waals surface area (Å²) in [6, 6.07) is 14.7. The summed E-state index contributed by atoms with van der Waals surface area (Å²) < 4.78 is 10.4. The number of Topliss-reactive ketones (excluding diaryl/α,β-unsaturated/α-hetero) is 1. The van der Waals surface area contributed by atoms with Crippen LogP contribution in [0.4, 0.5) is 4.79 Å². The molecular weight excluding hydrogens is 474 g/mol. The standard InChI is InChI=1S/C28H37N3O6/c1-5-23(25(32)27(34)29-15-14-20-12-9-13-22(17-20)36-4)30-26(33)24(16-19(2)3)31-28(35)37-18-21-10-7-6-8-11-21/h6-13,17,19,23-24H,5,14-16,18H2,1-4H3,(H,29,34)(H,30,33)(H,31,35)/t23?,24-/m0/s1. The molecule has 2 aromatic rings. The average Bonchev–Trinajstić information content (AvgIpc) is 2.90. The van der Waals surface area contributed by atoms with Crippen LogP contribution in [0.15, 0.2) is 54.6 Å². The van der Waals surface area contributed by atoms with E-state index in [9.17, 15) is 19.2 Å². The van der Waals surface area contributed by atoms with Gasteiger partial charge in [0.05, 0.1) is 13.2 Å². The van der Waals surface area contributed by atoms with Crippen molar-refractivity contribution in [3.8, 4) is 5.75 Å². The first-order valence-electron chi connectivity index (χ1n) is 12.5. The first-order chi connectivity index (χ1) is 17.7. The van der Waals surface area contributed by atoms with Crippen molar-refractivity contribution < 1.29 is 28.7 Å². The molecule has 1 unspecified atom stereocenters. The highest BCUT2D eigenvalue weighted by molar-refractivity contribution is 6.38. The molecule has 0 saturated carbocycles. The summed E-state index contributed by atoms with van der Waals surface area (Å²) in [6.45, 7) is 5.85. The molecule has 0 saturated heterocycles. The van der Waals surface area contributed by atoms with Crippen molar-refractivity contribution >= 4 is 23.7 Å². The van der Waals surface area contributed by atoms with Crippen LogP contribution in [0.1, 0.15) is 44.7 Å². The smallest absolute Gasteiger partial charge is 0.408 e. The van der Waals surface area contributed by atoms with Crippen LogP contribution in [0.25, 0.3) is 0 Å². The highest BCUT2D eigenvalue weighted by atomic mass is 16.5. The summed E-state index contributed by atoms with van der Waals surface area (Å²) >= 11 is 0. The summed E-state index contributed by atoms with van der Waals surface area (Å²) in [5.41, 5.74) is 1.77. The SMILES string of the molecule is CCC(NC(=O)[C@H](CC(C)C)NC(=O)OCc1ccccc1)C(=O)C(=O)NCCc1cccc(OC)c1. The van der Waals surface area contributed by atoms with Gasteiger partial charge < -0.3 is 25.4 Å². The van der Waals surface area contributed by atoms with Gasteiger partial charge in [0.15, 0.2) is 0 Å². The molecule has 200 valence electrons. The van der Waals surface area contributed by atoms with E-state index in [0.29, 0.717) is 18.6 Å². The fraction of sp³-hybridized carbons (Fsp3) is 0.429. The molecule has 0 aromatic heterocycles. The average molecular weight is 512 g/mol. The molecule has 37 heavy (non-hydrogen) atoms. The van der Waals surface area contributed by atoms with Crippen molar-refractivity contribution in [1.82, 2.24) is 16.0 Å². The second-order valence-corrected chi connectivity index (χ2v) is 9.08. The molecule has 2 rings (SSSR count). The van der Waals surface area contributed by atoms with Crippen LogP contribution in [0.3, 0.4) is 0 Å². The lowest BCUT2D eigenvalue weighted by Gasteiger charge is -2.23. The van der Waals surface area contributed by atoms with Crippen LogP contribution in [-0.2, 0) is 32.1 Å². The molecule has 2 aromatic carbocycles. The third-order valence-corrected chi connectivity index (χ3v) is 5.63. The number of ether oxygens (including phenoxy) is 2. The van der Waals surface area contributed by atoms with E-state index in [4.69, 9.17) is 9.47 Å². The second kappa shape index (κ2) is 15.3. The molecule has 3 amide bonds. The molecule has 2 atom stereocenters. The van der Waals surface area contributed by atoms with Gasteiger partial charge in [0, 0.05) is 6.54 Å². The van der Waals surface area contributed by atoms with Crippen molar-refractivity contribution in [3.63, 3.8) is 0 Å². The first kappa shape index (κ1) is 29.4. The minimum absolute atomic E-state index is 0.0642. The van der Waals surface area contributed by atoms with Gasteiger partial charge in [0.1, 0.15) is 18.4 Å². The van der Waals surface area contributed by atoms with Gasteiger partial charge in [-0.2, -0.15) is 0 Å². The third kappa shape index (κ3) is 10.3. The van der Waals surface area contributed by atoms with Crippen LogP contribution in [-0.4, -0.2) is 49.4 Å². The van der Waals surface area contributed by atoms with Gasteiger partial charge in [-0.15, -0.1) is 0 Å². The summed E-state index contributed by atoms with van der Waals surface area (Å²) in [5, 5.41) is 7.81. The molecule has 9 nitrogen and oxygen atoms in total. The van der Waals surface area contributed by atoms with Crippen LogP contribution in [0.5, 0.6) is 5.75 Å². The predicted octanol–water partition coefficient (Wildman–Crippen LogP) is 3.16. The van der Waals surface area contributed by atoms with Gasteiger partial charge in [-0.3, -0.25) is 14.4 Å². The van der Waals surface area contributed by atoms with Crippen molar-refractivity contribution in [2.75, 3.05) is 13.7 Å². The minimum Gasteiger partial charge on any atom is -0.497 e. The number of benzene rings is 2. The van der Waals surface area contributed by atoms with E-state index in [1.54, 1.807) is 14.0 Å². The Balaban J connectivity index is 1.90. The molecule has 9 heteroatoms. The quantitative estimate of drug-likeness (QED) is 0.335. The number of hydrogen-bond donors (Lipinski definition) is 3. The van der Waals surface area contributed by atoms with E-state index in [-0.39, 0.29) is 25.5 Å². The van der Waals surface area contributed by atoms with Gasteiger partial charge in [-0.05, 0) is 48.4 Å². The molecular formula is C28H37N3O6. The van der Waals surface area contributed by atoms with Gasteiger partial charge >= 0.3 is 6.09 Å². The van der Waals surface area contributed by atoms with E-state index < -0.39 is 35.8 Å². The van der Waals surface area contributed by atoms with Gasteiger partial charge in [-0.1, -0.05) is 63.2 Å². The van der Waals surface area contributed by atoms with Crippen molar-refractivity contribution in [2.45, 2.75) is 58.7 Å². The van der Waals surface area contributed by atoms with Crippen LogP contribution in [0.2, 0.25) is 0 Å². The molecule has 3 N–H and O–H groups in total. The number of amides is 3. The number of carbonyl (C=O) groups is 4. The Morgan fingerprint density at radius 3 is 2.24 bits per heavy atom. The molecule has 0 heterocycles. The Hall–Kier alpha value is -3.88. The summed E-state index contributed by atoms with van der Waals surface area (Å²) in [7, 11) is 1.58. The lowest BCUT2D eigenvalue weighted by atomic mass is 10.0. The Bertz CT molecular complexity index is 1040. The summed E-state index contributed by atoms with van der Waals surface area (Å²) in [5.74, 6) is -1.26. The van der Waals surface area contributed by atoms with Gasteiger partial charge in [-0.25, -0.2) is 4.79 Å². The molecule has 0 aliphatic carbocycles. The number of nitrogens with one attached hydrogen (secondary N) is 3. The number of rotatable bonds is 14. The Morgan fingerprint density at radius 2 is 1.59 bits per heavy atom. The molecule has 0 bridgehead atoms. The highest BCUT2D eigenvalue weighted by Crippen LogP contribution is 2.12. The minimum atomic E-state index is -1.01. The maximum atomic E-state index is 13.0. The fourth-order valence-electron chi connectivity index (χ4n) is 3.63. The second-order valence-electron chi connectivity index (χ2n) is 9.08. The normalized spacial score (nSPS) is 12.2. The molecule has 0 spiro atoms. The maximum absolute atomic E-state index is 13.0. The lowest BCUT2D eigenvalue weighted by molar-refractivity contribution is -0.140. The molecule has 0 aliphatic rings. The molecule has 0 aliphatic heterocycles. The van der Waals surface area contributed by atoms with Crippen LogP contribution in [0, 0.1) is 5.92 Å². The van der Waals surface area contributed by atoms with Gasteiger partial charge in [0.2, 0.25) is 11.7 Å². The van der Waals surface area contributed by atoms with E-state index in [0.717, 1.165) is 11.1 Å². The van der Waals surface area contributed by atoms with E-state index in [1.807, 2.05) is 68.4 Å². The molecule has 0 fully saturated rings. The zero-order valence-corrected chi connectivity index (χ0v) is 21.9. The zero-order valence-electron chi connectivity index (χ0n) is 21.9. The number of ketones is 1. The highest BCUT2D eigenvalue weighted by Gasteiger charge is 2.29. The van der Waals surface area contributed by atoms with Crippen LogP contribution >= 0.6 is 0 Å². The molecule has 0 radical (unpaired) electrons. The van der Waals surface area contributed by atoms with E-state index in [1.165, 1.54) is 0 Å². The Labute approximate surface area is 218 Å². The summed E-state index contributed by atoms with van der Waals surface area (Å²) in [6.07, 6.45) is 0.342. The van der Waals surface area contributed by atoms with Crippen LogP contribution < -0.4 is 20.7 Å². The monoisotopic (exact) mass is 511 g/mol.